The third-order valence-electron chi connectivity index (χ3n) is 6.05. The molecule has 6 rings (SSSR count). The van der Waals surface area contributed by atoms with Gasteiger partial charge in [-0.25, -0.2) is 24.3 Å². The van der Waals surface area contributed by atoms with E-state index in [4.69, 9.17) is 5.73 Å². The fourth-order valence-corrected chi connectivity index (χ4v) is 5.10. The molecule has 10 heteroatoms. The molecule has 4 heterocycles. The Morgan fingerprint density at radius 1 is 0.946 bits per heavy atom. The highest BCUT2D eigenvalue weighted by Crippen LogP contribution is 2.31. The van der Waals surface area contributed by atoms with Gasteiger partial charge in [-0.05, 0) is 53.6 Å². The van der Waals surface area contributed by atoms with Crippen molar-refractivity contribution in [1.82, 2.24) is 24.5 Å². The maximum Gasteiger partial charge on any atom is 0.265 e. The zero-order chi connectivity index (χ0) is 25.4. The molecule has 0 radical (unpaired) electrons. The van der Waals surface area contributed by atoms with Crippen molar-refractivity contribution in [1.29, 1.82) is 0 Å². The van der Waals surface area contributed by atoms with E-state index in [1.807, 2.05) is 24.3 Å². The van der Waals surface area contributed by atoms with Crippen LogP contribution >= 0.6 is 11.3 Å². The van der Waals surface area contributed by atoms with Crippen LogP contribution in [0, 0.1) is 5.82 Å². The lowest BCUT2D eigenvalue weighted by Crippen LogP contribution is -2.22. The molecular formula is C27H20FN7OS. The second kappa shape index (κ2) is 9.40. The summed E-state index contributed by atoms with van der Waals surface area (Å²) in [6.07, 6.45) is 4.59. The first-order chi connectivity index (χ1) is 18.0. The molecule has 0 saturated carbocycles. The van der Waals surface area contributed by atoms with Gasteiger partial charge in [0.25, 0.3) is 5.56 Å². The first kappa shape index (κ1) is 22.7. The predicted molar refractivity (Wildman–Crippen MR) is 144 cm³/mol. The Hall–Kier alpha value is -4.70. The third-order valence-corrected chi connectivity index (χ3v) is 7.18. The number of rotatable bonds is 6. The summed E-state index contributed by atoms with van der Waals surface area (Å²) in [7, 11) is 0. The summed E-state index contributed by atoms with van der Waals surface area (Å²) in [4.78, 5) is 32.6. The van der Waals surface area contributed by atoms with E-state index < -0.39 is 0 Å². The maximum absolute atomic E-state index is 13.3. The fourth-order valence-electron chi connectivity index (χ4n) is 4.16. The van der Waals surface area contributed by atoms with Gasteiger partial charge in [-0.15, -0.1) is 11.3 Å². The number of nitrogens with two attached hydrogens (primary N) is 1. The maximum atomic E-state index is 13.3. The van der Waals surface area contributed by atoms with Crippen molar-refractivity contribution in [2.24, 2.45) is 0 Å². The number of nitrogens with zero attached hydrogens (tertiary/aromatic N) is 5. The van der Waals surface area contributed by atoms with Gasteiger partial charge in [0.2, 0.25) is 0 Å². The van der Waals surface area contributed by atoms with Crippen molar-refractivity contribution in [2.45, 2.75) is 13.1 Å². The van der Waals surface area contributed by atoms with E-state index in [1.54, 1.807) is 35.7 Å². The number of aromatic nitrogens is 5. The van der Waals surface area contributed by atoms with Gasteiger partial charge in [0.1, 0.15) is 29.2 Å². The molecule has 0 aliphatic carbocycles. The standard InChI is InChI=1S/C27H20FN7OS/c28-18-4-1-16(2-5-18)13-35-15-34-22-9-10-30-26(24(22)27(35)36)31-12-19-6-8-23(37-19)17-3-7-21-20(11-17)25(29)33-14-32-21/h1-11,14-15H,12-13H2,(H,30,31)(H2,29,32,33). The van der Waals surface area contributed by atoms with E-state index in [0.717, 1.165) is 31.8 Å². The van der Waals surface area contributed by atoms with Gasteiger partial charge in [-0.2, -0.15) is 0 Å². The normalized spacial score (nSPS) is 11.3. The van der Waals surface area contributed by atoms with Gasteiger partial charge in [0, 0.05) is 21.3 Å². The van der Waals surface area contributed by atoms with Gasteiger partial charge >= 0.3 is 0 Å². The minimum atomic E-state index is -0.320. The number of nitrogens with one attached hydrogen (secondary N) is 1. The first-order valence-electron chi connectivity index (χ1n) is 11.5. The van der Waals surface area contributed by atoms with E-state index in [-0.39, 0.29) is 17.9 Å². The van der Waals surface area contributed by atoms with E-state index in [9.17, 15) is 9.18 Å². The number of nitrogen functional groups attached to an aromatic ring is 1. The largest absolute Gasteiger partial charge is 0.383 e. The second-order valence-corrected chi connectivity index (χ2v) is 9.64. The molecule has 2 aromatic carbocycles. The van der Waals surface area contributed by atoms with Crippen LogP contribution in [0.15, 0.2) is 84.3 Å². The lowest BCUT2D eigenvalue weighted by molar-refractivity contribution is 0.626. The predicted octanol–water partition coefficient (Wildman–Crippen LogP) is 4.84. The van der Waals surface area contributed by atoms with Crippen LogP contribution in [0.25, 0.3) is 32.2 Å². The molecule has 0 aliphatic rings. The van der Waals surface area contributed by atoms with E-state index >= 15 is 0 Å². The molecule has 0 fully saturated rings. The number of halogens is 1. The number of fused-ring (bicyclic) bond motifs is 2. The Kier molecular flexibility index (Phi) is 5.78. The average Bonchev–Trinajstić information content (AvgIpc) is 3.39. The molecule has 182 valence electrons. The second-order valence-electron chi connectivity index (χ2n) is 8.47. The van der Waals surface area contributed by atoms with Crippen LogP contribution in [0.5, 0.6) is 0 Å². The molecule has 0 atom stereocenters. The summed E-state index contributed by atoms with van der Waals surface area (Å²) in [6.45, 7) is 0.772. The van der Waals surface area contributed by atoms with Gasteiger partial charge < -0.3 is 11.1 Å². The highest BCUT2D eigenvalue weighted by molar-refractivity contribution is 7.15. The number of hydrogen-bond donors (Lipinski definition) is 2. The molecule has 0 amide bonds. The average molecular weight is 510 g/mol. The molecular weight excluding hydrogens is 489 g/mol. The van der Waals surface area contributed by atoms with Gasteiger partial charge in [0.05, 0.1) is 30.5 Å². The van der Waals surface area contributed by atoms with Crippen molar-refractivity contribution in [2.75, 3.05) is 11.1 Å². The Balaban J connectivity index is 1.26. The van der Waals surface area contributed by atoms with Crippen molar-refractivity contribution in [3.63, 3.8) is 0 Å². The van der Waals surface area contributed by atoms with E-state index in [2.05, 4.69) is 31.3 Å². The van der Waals surface area contributed by atoms with Crippen molar-refractivity contribution in [3.8, 4) is 10.4 Å². The van der Waals surface area contributed by atoms with E-state index in [0.29, 0.717) is 29.1 Å². The van der Waals surface area contributed by atoms with Gasteiger partial charge in [-0.1, -0.05) is 18.2 Å². The molecule has 37 heavy (non-hydrogen) atoms. The summed E-state index contributed by atoms with van der Waals surface area (Å²) in [5.41, 5.74) is 9.00. The van der Waals surface area contributed by atoms with Gasteiger partial charge in [-0.3, -0.25) is 9.36 Å². The van der Waals surface area contributed by atoms with Crippen LogP contribution in [-0.2, 0) is 13.1 Å². The molecule has 0 saturated heterocycles. The quantitative estimate of drug-likeness (QED) is 0.330. The highest BCUT2D eigenvalue weighted by atomic mass is 32.1. The molecule has 3 N–H and O–H groups in total. The summed E-state index contributed by atoms with van der Waals surface area (Å²) >= 11 is 1.63. The first-order valence-corrected chi connectivity index (χ1v) is 12.3. The fraction of sp³-hybridized carbons (Fsp3) is 0.0741. The van der Waals surface area contributed by atoms with Crippen LogP contribution in [0.2, 0.25) is 0 Å². The number of anilines is 2. The highest BCUT2D eigenvalue weighted by Gasteiger charge is 2.12. The van der Waals surface area contributed by atoms with Crippen LogP contribution in [-0.4, -0.2) is 24.5 Å². The molecule has 6 aromatic rings. The van der Waals surface area contributed by atoms with Crippen LogP contribution in [0.3, 0.4) is 0 Å². The summed E-state index contributed by atoms with van der Waals surface area (Å²) in [5.74, 6) is 0.596. The molecule has 0 unspecified atom stereocenters. The SMILES string of the molecule is Nc1ncnc2ccc(-c3ccc(CNc4nccc5ncn(Cc6ccc(F)cc6)c(=O)c45)s3)cc12. The summed E-state index contributed by atoms with van der Waals surface area (Å²) in [6, 6.07) is 17.8. The smallest absolute Gasteiger partial charge is 0.265 e. The number of benzene rings is 2. The summed E-state index contributed by atoms with van der Waals surface area (Å²) in [5, 5.41) is 4.53. The minimum absolute atomic E-state index is 0.215. The summed E-state index contributed by atoms with van der Waals surface area (Å²) < 4.78 is 14.8. The number of pyridine rings is 1. The zero-order valence-corrected chi connectivity index (χ0v) is 20.2. The Labute approximate surface area is 214 Å². The third kappa shape index (κ3) is 4.50. The monoisotopic (exact) mass is 509 g/mol. The Morgan fingerprint density at radius 3 is 2.68 bits per heavy atom. The molecule has 8 nitrogen and oxygen atoms in total. The van der Waals surface area contributed by atoms with Crippen LogP contribution < -0.4 is 16.6 Å². The molecule has 4 aromatic heterocycles. The van der Waals surface area contributed by atoms with E-state index in [1.165, 1.54) is 29.4 Å². The number of thiophene rings is 1. The topological polar surface area (TPSA) is 112 Å². The lowest BCUT2D eigenvalue weighted by atomic mass is 10.1. The zero-order valence-electron chi connectivity index (χ0n) is 19.4. The van der Waals surface area contributed by atoms with Crippen molar-refractivity contribution < 1.29 is 4.39 Å². The minimum Gasteiger partial charge on any atom is -0.383 e. The Bertz CT molecular complexity index is 1810. The molecule has 0 spiro atoms. The molecule has 0 aliphatic heterocycles. The van der Waals surface area contributed by atoms with Crippen LogP contribution in [0.1, 0.15) is 10.4 Å². The molecule has 0 bridgehead atoms. The van der Waals surface area contributed by atoms with Gasteiger partial charge in [0.15, 0.2) is 0 Å². The van der Waals surface area contributed by atoms with Crippen molar-refractivity contribution >= 4 is 44.8 Å². The van der Waals surface area contributed by atoms with Crippen molar-refractivity contribution in [3.05, 3.63) is 106 Å². The van der Waals surface area contributed by atoms with Crippen LogP contribution in [0.4, 0.5) is 16.0 Å². The Morgan fingerprint density at radius 2 is 1.81 bits per heavy atom. The number of hydrogen-bond acceptors (Lipinski definition) is 8. The lowest BCUT2D eigenvalue weighted by Gasteiger charge is -2.10.